The molecular formula is C37H24. The maximum absolute atomic E-state index is 2.38. The Morgan fingerprint density at radius 1 is 0.324 bits per heavy atom. The molecule has 1 aliphatic rings. The van der Waals surface area contributed by atoms with Crippen molar-refractivity contribution < 1.29 is 0 Å². The van der Waals surface area contributed by atoms with Crippen LogP contribution in [0.3, 0.4) is 0 Å². The first-order valence-corrected chi connectivity index (χ1v) is 13.0. The van der Waals surface area contributed by atoms with Crippen LogP contribution in [0.4, 0.5) is 0 Å². The summed E-state index contributed by atoms with van der Waals surface area (Å²) in [5.41, 5.74) is 10.8. The zero-order valence-electron chi connectivity index (χ0n) is 20.4. The Labute approximate surface area is 216 Å². The van der Waals surface area contributed by atoms with Gasteiger partial charge < -0.3 is 0 Å². The van der Waals surface area contributed by atoms with Crippen molar-refractivity contribution in [1.82, 2.24) is 0 Å². The molecule has 37 heavy (non-hydrogen) atoms. The molecule has 0 atom stereocenters. The first-order valence-electron chi connectivity index (χ1n) is 13.0. The maximum Gasteiger partial charge on any atom is -0.000729 e. The quantitative estimate of drug-likeness (QED) is 0.221. The summed E-state index contributed by atoms with van der Waals surface area (Å²) in [5, 5.41) is 7.89. The van der Waals surface area contributed by atoms with Crippen molar-refractivity contribution in [1.29, 1.82) is 0 Å². The van der Waals surface area contributed by atoms with Gasteiger partial charge in [0.15, 0.2) is 0 Å². The molecule has 0 aromatic heterocycles. The Hall–Kier alpha value is -4.68. The van der Waals surface area contributed by atoms with Gasteiger partial charge in [0.25, 0.3) is 0 Å². The molecule has 1 aliphatic carbocycles. The number of rotatable bonds is 2. The highest BCUT2D eigenvalue weighted by Crippen LogP contribution is 2.42. The third-order valence-electron chi connectivity index (χ3n) is 8.10. The van der Waals surface area contributed by atoms with E-state index in [-0.39, 0.29) is 0 Å². The van der Waals surface area contributed by atoms with E-state index in [0.29, 0.717) is 0 Å². The molecule has 7 aromatic rings. The molecular weight excluding hydrogens is 444 g/mol. The van der Waals surface area contributed by atoms with Crippen LogP contribution in [0.25, 0.3) is 65.7 Å². The van der Waals surface area contributed by atoms with Crippen LogP contribution in [-0.4, -0.2) is 0 Å². The predicted molar refractivity (Wildman–Crippen MR) is 158 cm³/mol. The van der Waals surface area contributed by atoms with E-state index in [1.54, 1.807) is 0 Å². The van der Waals surface area contributed by atoms with Gasteiger partial charge in [0.2, 0.25) is 0 Å². The van der Waals surface area contributed by atoms with Gasteiger partial charge in [0.1, 0.15) is 0 Å². The summed E-state index contributed by atoms with van der Waals surface area (Å²) in [4.78, 5) is 0. The Morgan fingerprint density at radius 2 is 0.865 bits per heavy atom. The van der Waals surface area contributed by atoms with E-state index in [4.69, 9.17) is 0 Å². The number of hydrogen-bond donors (Lipinski definition) is 0. The van der Waals surface area contributed by atoms with Crippen LogP contribution in [0.2, 0.25) is 0 Å². The van der Waals surface area contributed by atoms with Crippen molar-refractivity contribution in [2.24, 2.45) is 0 Å². The highest BCUT2D eigenvalue weighted by Gasteiger charge is 2.21. The molecule has 0 spiro atoms. The Kier molecular flexibility index (Phi) is 4.39. The number of fused-ring (bicyclic) bond motifs is 9. The van der Waals surface area contributed by atoms with E-state index in [2.05, 4.69) is 133 Å². The minimum atomic E-state index is 1.00. The van der Waals surface area contributed by atoms with Gasteiger partial charge in [-0.2, -0.15) is 0 Å². The van der Waals surface area contributed by atoms with Crippen LogP contribution < -0.4 is 0 Å². The fourth-order valence-electron chi connectivity index (χ4n) is 6.38. The summed E-state index contributed by atoms with van der Waals surface area (Å²) in [6, 6.07) is 49.2. The van der Waals surface area contributed by atoms with Gasteiger partial charge in [-0.1, -0.05) is 121 Å². The second-order valence-corrected chi connectivity index (χ2v) is 10.1. The van der Waals surface area contributed by atoms with E-state index in [0.717, 1.165) is 6.42 Å². The minimum Gasteiger partial charge on any atom is -0.0619 e. The van der Waals surface area contributed by atoms with Gasteiger partial charge in [0, 0.05) is 0 Å². The summed E-state index contributed by atoms with van der Waals surface area (Å²) in [7, 11) is 0. The average molecular weight is 469 g/mol. The minimum absolute atomic E-state index is 1.00. The van der Waals surface area contributed by atoms with E-state index >= 15 is 0 Å². The summed E-state index contributed by atoms with van der Waals surface area (Å²) in [6.45, 7) is 0. The smallest absolute Gasteiger partial charge is 0.000729 e. The molecule has 0 nitrogen and oxygen atoms in total. The normalized spacial score (nSPS) is 12.2. The maximum atomic E-state index is 2.38. The van der Waals surface area contributed by atoms with Crippen LogP contribution in [0, 0.1) is 0 Å². The first kappa shape index (κ1) is 20.5. The fraction of sp³-hybridized carbons (Fsp3) is 0.0270. The summed E-state index contributed by atoms with van der Waals surface area (Å²) in [6.07, 6.45) is 1.00. The summed E-state index contributed by atoms with van der Waals surface area (Å²) < 4.78 is 0. The van der Waals surface area contributed by atoms with E-state index in [1.165, 1.54) is 76.8 Å². The standard InChI is InChI=1S/C37H24/c1-2-12-28-27(9-1)23-36-29(17-8-18-30(28)36)26-11-7-10-24(21-26)25-19-20-35-33-15-4-3-13-31(33)32-14-5-6-16-34(32)37(35)22-25/h1-22H,23H2. The van der Waals surface area contributed by atoms with Crippen LogP contribution in [-0.2, 0) is 6.42 Å². The topological polar surface area (TPSA) is 0 Å². The van der Waals surface area contributed by atoms with Crippen molar-refractivity contribution in [3.8, 4) is 33.4 Å². The van der Waals surface area contributed by atoms with Crippen LogP contribution in [0.5, 0.6) is 0 Å². The second-order valence-electron chi connectivity index (χ2n) is 10.1. The lowest BCUT2D eigenvalue weighted by molar-refractivity contribution is 1.26. The Bertz CT molecular complexity index is 1970. The lowest BCUT2D eigenvalue weighted by Crippen LogP contribution is -1.89. The van der Waals surface area contributed by atoms with Crippen molar-refractivity contribution in [2.45, 2.75) is 6.42 Å². The number of hydrogen-bond acceptors (Lipinski definition) is 0. The molecule has 0 unspecified atom stereocenters. The predicted octanol–water partition coefficient (Wildman–Crippen LogP) is 10.1. The molecule has 0 aliphatic heterocycles. The summed E-state index contributed by atoms with van der Waals surface area (Å²) >= 11 is 0. The van der Waals surface area contributed by atoms with Crippen LogP contribution >= 0.6 is 0 Å². The monoisotopic (exact) mass is 468 g/mol. The molecule has 8 rings (SSSR count). The molecule has 0 bridgehead atoms. The molecule has 0 fully saturated rings. The van der Waals surface area contributed by atoms with Crippen LogP contribution in [0.1, 0.15) is 11.1 Å². The van der Waals surface area contributed by atoms with Gasteiger partial charge >= 0.3 is 0 Å². The highest BCUT2D eigenvalue weighted by molar-refractivity contribution is 6.25. The van der Waals surface area contributed by atoms with Crippen molar-refractivity contribution in [3.63, 3.8) is 0 Å². The molecule has 0 heteroatoms. The van der Waals surface area contributed by atoms with Gasteiger partial charge in [-0.05, 0) is 95.4 Å². The molecule has 0 N–H and O–H groups in total. The zero-order valence-corrected chi connectivity index (χ0v) is 20.4. The molecule has 0 saturated carbocycles. The van der Waals surface area contributed by atoms with E-state index in [9.17, 15) is 0 Å². The third kappa shape index (κ3) is 3.09. The van der Waals surface area contributed by atoms with Gasteiger partial charge in [-0.3, -0.25) is 0 Å². The SMILES string of the molecule is c1cc(-c2ccc3c4ccccc4c4ccccc4c3c2)cc(-c2cccc3c2Cc2ccccc2-3)c1. The zero-order chi connectivity index (χ0) is 24.3. The van der Waals surface area contributed by atoms with Gasteiger partial charge in [-0.15, -0.1) is 0 Å². The molecule has 0 saturated heterocycles. The Morgan fingerprint density at radius 3 is 1.65 bits per heavy atom. The average Bonchev–Trinajstić information content (AvgIpc) is 3.36. The van der Waals surface area contributed by atoms with Gasteiger partial charge in [0.05, 0.1) is 0 Å². The molecule has 7 aromatic carbocycles. The molecule has 0 amide bonds. The van der Waals surface area contributed by atoms with Gasteiger partial charge in [-0.25, -0.2) is 0 Å². The summed E-state index contributed by atoms with van der Waals surface area (Å²) in [5.74, 6) is 0. The molecule has 0 radical (unpaired) electrons. The fourth-order valence-corrected chi connectivity index (χ4v) is 6.38. The Balaban J connectivity index is 1.30. The molecule has 0 heterocycles. The second kappa shape index (κ2) is 7.91. The van der Waals surface area contributed by atoms with Crippen molar-refractivity contribution >= 4 is 32.3 Å². The van der Waals surface area contributed by atoms with Crippen LogP contribution in [0.15, 0.2) is 133 Å². The molecule has 172 valence electrons. The van der Waals surface area contributed by atoms with E-state index < -0.39 is 0 Å². The van der Waals surface area contributed by atoms with Crippen molar-refractivity contribution in [3.05, 3.63) is 145 Å². The first-order chi connectivity index (χ1) is 18.3. The van der Waals surface area contributed by atoms with E-state index in [1.807, 2.05) is 0 Å². The lowest BCUT2D eigenvalue weighted by Gasteiger charge is -2.13. The lowest BCUT2D eigenvalue weighted by atomic mass is 9.90. The number of benzene rings is 7. The third-order valence-corrected chi connectivity index (χ3v) is 8.10. The highest BCUT2D eigenvalue weighted by atomic mass is 14.2. The van der Waals surface area contributed by atoms with Crippen molar-refractivity contribution in [2.75, 3.05) is 0 Å². The largest absolute Gasteiger partial charge is 0.0619 e.